The molecular weight excluding hydrogens is 318 g/mol. The first-order chi connectivity index (χ1) is 10.9. The highest BCUT2D eigenvalue weighted by Gasteiger charge is 2.40. The van der Waals surface area contributed by atoms with Crippen LogP contribution in [0, 0.1) is 11.3 Å². The van der Waals surface area contributed by atoms with Crippen LogP contribution in [0.25, 0.3) is 0 Å². The molecule has 0 aliphatic heterocycles. The van der Waals surface area contributed by atoms with Crippen LogP contribution < -0.4 is 0 Å². The van der Waals surface area contributed by atoms with E-state index in [2.05, 4.69) is 4.74 Å². The first kappa shape index (κ1) is 21.9. The monoisotopic (exact) mass is 345 g/mol. The molecule has 8 heteroatoms. The Balaban J connectivity index is 5.43. The molecule has 0 aliphatic carbocycles. The van der Waals surface area contributed by atoms with Gasteiger partial charge in [0.2, 0.25) is 0 Å². The molecule has 0 saturated carbocycles. The van der Waals surface area contributed by atoms with E-state index in [0.29, 0.717) is 6.29 Å². The fraction of sp³-hybridized carbons (Fsp3) is 0.750. The van der Waals surface area contributed by atoms with Crippen LogP contribution in [-0.2, 0) is 19.1 Å². The van der Waals surface area contributed by atoms with Gasteiger partial charge in [-0.1, -0.05) is 13.8 Å². The molecule has 0 aromatic heterocycles. The number of carboxylic acids is 1. The lowest BCUT2D eigenvalue weighted by Gasteiger charge is -2.35. The van der Waals surface area contributed by atoms with Crippen LogP contribution in [0.1, 0.15) is 47.5 Å². The van der Waals surface area contributed by atoms with Crippen molar-refractivity contribution in [3.05, 3.63) is 0 Å². The smallest absolute Gasteiger partial charge is 0.419 e. The largest absolute Gasteiger partial charge is 0.481 e. The zero-order valence-corrected chi connectivity index (χ0v) is 15.1. The third-order valence-corrected chi connectivity index (χ3v) is 3.39. The van der Waals surface area contributed by atoms with Crippen molar-refractivity contribution < 1.29 is 33.8 Å². The highest BCUT2D eigenvalue weighted by Crippen LogP contribution is 2.32. The molecule has 0 saturated heterocycles. The standard InChI is InChI=1S/C16H27NO7/c1-15(2,3)24-14(22)17(13(21)23-6)10-16(4,5)11(12(19)20)8-7-9-18/h9,11H,7-8,10H2,1-6H3,(H,19,20)/t11-/m1/s1. The maximum atomic E-state index is 12.2. The number of rotatable bonds is 7. The molecule has 24 heavy (non-hydrogen) atoms. The van der Waals surface area contributed by atoms with Crippen molar-refractivity contribution in [3.63, 3.8) is 0 Å². The second-order valence-electron chi connectivity index (χ2n) is 7.16. The fourth-order valence-corrected chi connectivity index (χ4v) is 2.23. The third-order valence-electron chi connectivity index (χ3n) is 3.39. The highest BCUT2D eigenvalue weighted by molar-refractivity contribution is 5.88. The molecule has 0 heterocycles. The molecule has 0 fully saturated rings. The van der Waals surface area contributed by atoms with Crippen molar-refractivity contribution in [1.82, 2.24) is 4.90 Å². The summed E-state index contributed by atoms with van der Waals surface area (Å²) in [5.74, 6) is -2.02. The number of aliphatic carboxylic acids is 1. The molecule has 0 radical (unpaired) electrons. The van der Waals surface area contributed by atoms with E-state index in [0.717, 1.165) is 12.0 Å². The highest BCUT2D eigenvalue weighted by atomic mass is 16.6. The second kappa shape index (κ2) is 8.65. The maximum Gasteiger partial charge on any atom is 0.419 e. The minimum atomic E-state index is -1.10. The average molecular weight is 345 g/mol. The van der Waals surface area contributed by atoms with E-state index in [1.54, 1.807) is 34.6 Å². The molecule has 0 rings (SSSR count). The van der Waals surface area contributed by atoms with Gasteiger partial charge in [-0.3, -0.25) is 4.79 Å². The molecule has 0 aromatic rings. The molecule has 1 N–H and O–H groups in total. The number of ether oxygens (including phenoxy) is 2. The van der Waals surface area contributed by atoms with Crippen LogP contribution >= 0.6 is 0 Å². The topological polar surface area (TPSA) is 110 Å². The van der Waals surface area contributed by atoms with Gasteiger partial charge in [0.05, 0.1) is 13.0 Å². The van der Waals surface area contributed by atoms with Gasteiger partial charge in [-0.05, 0) is 32.6 Å². The molecule has 1 atom stereocenters. The van der Waals surface area contributed by atoms with Crippen LogP contribution in [-0.4, -0.2) is 53.7 Å². The first-order valence-electron chi connectivity index (χ1n) is 7.60. The lowest BCUT2D eigenvalue weighted by molar-refractivity contribution is -0.146. The predicted octanol–water partition coefficient (Wildman–Crippen LogP) is 2.70. The van der Waals surface area contributed by atoms with Crippen LogP contribution in [0.2, 0.25) is 0 Å². The Morgan fingerprint density at radius 3 is 2.04 bits per heavy atom. The van der Waals surface area contributed by atoms with Gasteiger partial charge in [-0.2, -0.15) is 0 Å². The van der Waals surface area contributed by atoms with Gasteiger partial charge in [0, 0.05) is 13.0 Å². The number of carbonyl (C=O) groups excluding carboxylic acids is 3. The summed E-state index contributed by atoms with van der Waals surface area (Å²) in [6, 6.07) is 0. The van der Waals surface area contributed by atoms with Crippen molar-refractivity contribution >= 4 is 24.4 Å². The number of aldehydes is 1. The number of methoxy groups -OCH3 is 1. The Hall–Kier alpha value is -2.12. The Morgan fingerprint density at radius 2 is 1.67 bits per heavy atom. The van der Waals surface area contributed by atoms with Crippen molar-refractivity contribution in [2.45, 2.75) is 53.1 Å². The summed E-state index contributed by atoms with van der Waals surface area (Å²) in [6.07, 6.45) is -1.03. The van der Waals surface area contributed by atoms with Gasteiger partial charge in [0.1, 0.15) is 11.9 Å². The van der Waals surface area contributed by atoms with Gasteiger partial charge in [-0.15, -0.1) is 0 Å². The van der Waals surface area contributed by atoms with Crippen LogP contribution in [0.4, 0.5) is 9.59 Å². The van der Waals surface area contributed by atoms with Crippen LogP contribution in [0.3, 0.4) is 0 Å². The number of carbonyl (C=O) groups is 4. The molecule has 0 aliphatic rings. The Bertz CT molecular complexity index is 479. The molecule has 2 amide bonds. The van der Waals surface area contributed by atoms with Crippen LogP contribution in [0.5, 0.6) is 0 Å². The molecule has 8 nitrogen and oxygen atoms in total. The van der Waals surface area contributed by atoms with E-state index in [1.807, 2.05) is 0 Å². The van der Waals surface area contributed by atoms with Crippen molar-refractivity contribution in [2.24, 2.45) is 11.3 Å². The van der Waals surface area contributed by atoms with E-state index in [-0.39, 0.29) is 19.4 Å². The van der Waals surface area contributed by atoms with E-state index >= 15 is 0 Å². The predicted molar refractivity (Wildman–Crippen MR) is 85.5 cm³/mol. The molecule has 0 aromatic carbocycles. The molecule has 0 spiro atoms. The summed E-state index contributed by atoms with van der Waals surface area (Å²) >= 11 is 0. The van der Waals surface area contributed by atoms with Gasteiger partial charge < -0.3 is 19.4 Å². The number of imide groups is 1. The van der Waals surface area contributed by atoms with E-state index in [4.69, 9.17) is 4.74 Å². The Kier molecular flexibility index (Phi) is 7.89. The quantitative estimate of drug-likeness (QED) is 0.706. The summed E-state index contributed by atoms with van der Waals surface area (Å²) in [5, 5.41) is 9.40. The van der Waals surface area contributed by atoms with Crippen molar-refractivity contribution in [1.29, 1.82) is 0 Å². The minimum Gasteiger partial charge on any atom is -0.481 e. The van der Waals surface area contributed by atoms with Gasteiger partial charge >= 0.3 is 18.2 Å². The normalized spacial score (nSPS) is 12.9. The number of carboxylic acid groups (broad SMARTS) is 1. The lowest BCUT2D eigenvalue weighted by Crippen LogP contribution is -2.48. The average Bonchev–Trinajstić information content (AvgIpc) is 2.41. The van der Waals surface area contributed by atoms with E-state index in [9.17, 15) is 24.3 Å². The summed E-state index contributed by atoms with van der Waals surface area (Å²) in [4.78, 5) is 47.0. The van der Waals surface area contributed by atoms with Crippen molar-refractivity contribution in [3.8, 4) is 0 Å². The van der Waals surface area contributed by atoms with Crippen molar-refractivity contribution in [2.75, 3.05) is 13.7 Å². The Labute approximate surface area is 142 Å². The van der Waals surface area contributed by atoms with Gasteiger partial charge in [0.15, 0.2) is 0 Å². The van der Waals surface area contributed by atoms with E-state index < -0.39 is 35.1 Å². The molecule has 138 valence electrons. The lowest BCUT2D eigenvalue weighted by atomic mass is 9.76. The zero-order valence-electron chi connectivity index (χ0n) is 15.1. The summed E-state index contributed by atoms with van der Waals surface area (Å²) in [5.41, 5.74) is -1.81. The number of hydrogen-bond acceptors (Lipinski definition) is 6. The maximum absolute atomic E-state index is 12.2. The summed E-state index contributed by atoms with van der Waals surface area (Å²) in [6.45, 7) is 7.94. The number of nitrogens with zero attached hydrogens (tertiary/aromatic N) is 1. The van der Waals surface area contributed by atoms with Gasteiger partial charge in [0.25, 0.3) is 0 Å². The molecular formula is C16H27NO7. The number of hydrogen-bond donors (Lipinski definition) is 1. The third kappa shape index (κ3) is 6.97. The minimum absolute atomic E-state index is 0.0745. The number of amides is 2. The summed E-state index contributed by atoms with van der Waals surface area (Å²) in [7, 11) is 1.12. The fourth-order valence-electron chi connectivity index (χ4n) is 2.23. The van der Waals surface area contributed by atoms with Gasteiger partial charge in [-0.25, -0.2) is 14.5 Å². The van der Waals surface area contributed by atoms with E-state index in [1.165, 1.54) is 0 Å². The second-order valence-corrected chi connectivity index (χ2v) is 7.16. The first-order valence-corrected chi connectivity index (χ1v) is 7.60. The molecule has 0 unspecified atom stereocenters. The Morgan fingerprint density at radius 1 is 1.12 bits per heavy atom. The molecule has 0 bridgehead atoms. The summed E-state index contributed by atoms with van der Waals surface area (Å²) < 4.78 is 9.77. The van der Waals surface area contributed by atoms with Crippen LogP contribution in [0.15, 0.2) is 0 Å². The zero-order chi connectivity index (χ0) is 19.1. The SMILES string of the molecule is COC(=O)N(CC(C)(C)[C@H](CCC=O)C(=O)O)C(=O)OC(C)(C)C.